The fourth-order valence-corrected chi connectivity index (χ4v) is 4.72. The summed E-state index contributed by atoms with van der Waals surface area (Å²) in [5, 5.41) is 0.979. The van der Waals surface area contributed by atoms with Crippen molar-refractivity contribution >= 4 is 28.4 Å². The Labute approximate surface area is 185 Å². The second kappa shape index (κ2) is 8.51. The van der Waals surface area contributed by atoms with E-state index < -0.39 is 0 Å². The van der Waals surface area contributed by atoms with Gasteiger partial charge in [-0.1, -0.05) is 23.9 Å². The molecule has 6 nitrogen and oxygen atoms in total. The molecule has 0 aliphatic carbocycles. The molecule has 0 spiro atoms. The van der Waals surface area contributed by atoms with E-state index in [1.54, 1.807) is 12.3 Å². The van der Waals surface area contributed by atoms with Crippen molar-refractivity contribution in [3.05, 3.63) is 81.5 Å². The van der Waals surface area contributed by atoms with E-state index in [2.05, 4.69) is 16.5 Å². The van der Waals surface area contributed by atoms with Crippen molar-refractivity contribution in [2.24, 2.45) is 0 Å². The minimum absolute atomic E-state index is 0.0176. The van der Waals surface area contributed by atoms with Gasteiger partial charge < -0.3 is 4.57 Å². The zero-order valence-electron chi connectivity index (χ0n) is 18.0. The fourth-order valence-electron chi connectivity index (χ4n) is 3.83. The number of carbonyl (C=O) groups excluding carboxylic acids is 1. The topological polar surface area (TPSA) is 69.8 Å². The Hall–Kier alpha value is -3.19. The normalized spacial score (nSPS) is 11.2. The van der Waals surface area contributed by atoms with Gasteiger partial charge >= 0.3 is 0 Å². The molecule has 7 heteroatoms. The third kappa shape index (κ3) is 3.93. The number of ketones is 1. The van der Waals surface area contributed by atoms with E-state index in [-0.39, 0.29) is 17.1 Å². The van der Waals surface area contributed by atoms with Crippen molar-refractivity contribution < 1.29 is 4.79 Å². The number of para-hydroxylation sites is 1. The highest BCUT2D eigenvalue weighted by atomic mass is 32.2. The van der Waals surface area contributed by atoms with Crippen LogP contribution in [-0.4, -0.2) is 30.6 Å². The number of aromatic nitrogens is 4. The molecule has 0 N–H and O–H groups in total. The lowest BCUT2D eigenvalue weighted by molar-refractivity contribution is 0.102. The van der Waals surface area contributed by atoms with Gasteiger partial charge in [-0.3, -0.25) is 9.59 Å². The van der Waals surface area contributed by atoms with Crippen LogP contribution in [0.25, 0.3) is 16.7 Å². The number of fused-ring (bicyclic) bond motifs is 1. The smallest absolute Gasteiger partial charge is 0.267 e. The van der Waals surface area contributed by atoms with Gasteiger partial charge in [0.2, 0.25) is 0 Å². The predicted molar refractivity (Wildman–Crippen MR) is 125 cm³/mol. The molecule has 0 amide bonds. The average Bonchev–Trinajstić information content (AvgIpc) is 3.05. The Kier molecular flexibility index (Phi) is 5.78. The van der Waals surface area contributed by atoms with Gasteiger partial charge in [0, 0.05) is 29.7 Å². The molecule has 0 radical (unpaired) electrons. The number of thioether (sulfide) groups is 1. The van der Waals surface area contributed by atoms with Crippen LogP contribution in [0, 0.1) is 20.8 Å². The molecule has 3 aromatic heterocycles. The third-order valence-corrected chi connectivity index (χ3v) is 6.34. The minimum Gasteiger partial charge on any atom is -0.349 e. The van der Waals surface area contributed by atoms with Crippen molar-refractivity contribution in [1.82, 2.24) is 19.1 Å². The Balaban J connectivity index is 1.76. The standard InChI is InChI=1S/C24H24N4O2S/c1-5-27-16(3)13-19(17(27)4)21(29)14-31-24-26-20-9-7-6-8-18(20)23(30)28(24)22-12-15(2)10-11-25-22/h6-13H,5,14H2,1-4H3. The molecular formula is C24H24N4O2S. The number of Topliss-reactive ketones (excluding diaryl/α,β-unsaturated/α-hetero) is 1. The van der Waals surface area contributed by atoms with Gasteiger partial charge in [0.1, 0.15) is 5.82 Å². The highest BCUT2D eigenvalue weighted by Gasteiger charge is 2.19. The number of hydrogen-bond acceptors (Lipinski definition) is 5. The fraction of sp³-hybridized carbons (Fsp3) is 0.250. The molecular weight excluding hydrogens is 408 g/mol. The summed E-state index contributed by atoms with van der Waals surface area (Å²) in [6, 6.07) is 12.9. The summed E-state index contributed by atoms with van der Waals surface area (Å²) in [5.74, 6) is 0.705. The van der Waals surface area contributed by atoms with E-state index in [0.29, 0.717) is 21.9 Å². The maximum absolute atomic E-state index is 13.3. The molecule has 31 heavy (non-hydrogen) atoms. The van der Waals surface area contributed by atoms with E-state index in [9.17, 15) is 9.59 Å². The number of carbonyl (C=O) groups is 1. The summed E-state index contributed by atoms with van der Waals surface area (Å²) >= 11 is 1.26. The second-order valence-corrected chi connectivity index (χ2v) is 8.43. The van der Waals surface area contributed by atoms with Gasteiger partial charge in [0.15, 0.2) is 10.9 Å². The van der Waals surface area contributed by atoms with Gasteiger partial charge in [-0.25, -0.2) is 14.5 Å². The van der Waals surface area contributed by atoms with Crippen LogP contribution in [-0.2, 0) is 6.54 Å². The lowest BCUT2D eigenvalue weighted by Gasteiger charge is -2.12. The molecule has 0 atom stereocenters. The zero-order chi connectivity index (χ0) is 22.1. The largest absolute Gasteiger partial charge is 0.349 e. The summed E-state index contributed by atoms with van der Waals surface area (Å²) in [6.07, 6.45) is 1.67. The molecule has 0 fully saturated rings. The predicted octanol–water partition coefficient (Wildman–Crippen LogP) is 4.50. The maximum Gasteiger partial charge on any atom is 0.267 e. The molecule has 158 valence electrons. The minimum atomic E-state index is -0.192. The number of pyridine rings is 1. The summed E-state index contributed by atoms with van der Waals surface area (Å²) in [5.41, 5.74) is 4.16. The SMILES string of the molecule is CCn1c(C)cc(C(=O)CSc2nc3ccccc3c(=O)n2-c2cc(C)ccn2)c1C. The highest BCUT2D eigenvalue weighted by Crippen LogP contribution is 2.23. The molecule has 0 bridgehead atoms. The highest BCUT2D eigenvalue weighted by molar-refractivity contribution is 7.99. The van der Waals surface area contributed by atoms with Crippen LogP contribution < -0.4 is 5.56 Å². The third-order valence-electron chi connectivity index (χ3n) is 5.40. The average molecular weight is 433 g/mol. The van der Waals surface area contributed by atoms with Crippen LogP contribution >= 0.6 is 11.8 Å². The van der Waals surface area contributed by atoms with Crippen molar-refractivity contribution in [1.29, 1.82) is 0 Å². The van der Waals surface area contributed by atoms with Crippen LogP contribution in [0.4, 0.5) is 0 Å². The number of aryl methyl sites for hydroxylation is 2. The summed E-state index contributed by atoms with van der Waals surface area (Å²) in [4.78, 5) is 35.4. The van der Waals surface area contributed by atoms with E-state index in [1.165, 1.54) is 16.3 Å². The molecule has 0 saturated carbocycles. The van der Waals surface area contributed by atoms with Crippen LogP contribution in [0.2, 0.25) is 0 Å². The summed E-state index contributed by atoms with van der Waals surface area (Å²) in [6.45, 7) is 8.81. The lowest BCUT2D eigenvalue weighted by atomic mass is 10.2. The molecule has 4 aromatic rings. The molecule has 0 aliphatic heterocycles. The van der Waals surface area contributed by atoms with Crippen LogP contribution in [0.5, 0.6) is 0 Å². The monoisotopic (exact) mass is 432 g/mol. The molecule has 3 heterocycles. The van der Waals surface area contributed by atoms with E-state index >= 15 is 0 Å². The second-order valence-electron chi connectivity index (χ2n) is 7.48. The first-order valence-electron chi connectivity index (χ1n) is 10.2. The molecule has 0 unspecified atom stereocenters. The first kappa shape index (κ1) is 21.1. The van der Waals surface area contributed by atoms with Crippen molar-refractivity contribution in [3.8, 4) is 5.82 Å². The van der Waals surface area contributed by atoms with Crippen molar-refractivity contribution in [2.75, 3.05) is 5.75 Å². The zero-order valence-corrected chi connectivity index (χ0v) is 18.9. The van der Waals surface area contributed by atoms with Gasteiger partial charge in [0.25, 0.3) is 5.56 Å². The number of hydrogen-bond donors (Lipinski definition) is 0. The van der Waals surface area contributed by atoms with Gasteiger partial charge in [-0.05, 0) is 63.6 Å². The number of benzene rings is 1. The van der Waals surface area contributed by atoms with Crippen molar-refractivity contribution in [3.63, 3.8) is 0 Å². The first-order chi connectivity index (χ1) is 14.9. The van der Waals surface area contributed by atoms with Crippen molar-refractivity contribution in [2.45, 2.75) is 39.4 Å². The Morgan fingerprint density at radius 3 is 2.58 bits per heavy atom. The lowest BCUT2D eigenvalue weighted by Crippen LogP contribution is -2.23. The van der Waals surface area contributed by atoms with Crippen LogP contribution in [0.15, 0.2) is 58.6 Å². The molecule has 0 saturated heterocycles. The van der Waals surface area contributed by atoms with E-state index in [0.717, 1.165) is 29.1 Å². The summed E-state index contributed by atoms with van der Waals surface area (Å²) < 4.78 is 3.63. The quantitative estimate of drug-likeness (QED) is 0.255. The van der Waals surface area contributed by atoms with Crippen LogP contribution in [0.1, 0.15) is 34.2 Å². The Bertz CT molecular complexity index is 1350. The van der Waals surface area contributed by atoms with Crippen LogP contribution in [0.3, 0.4) is 0 Å². The number of rotatable bonds is 6. The Morgan fingerprint density at radius 1 is 1.10 bits per heavy atom. The molecule has 1 aromatic carbocycles. The molecule has 4 rings (SSSR count). The van der Waals surface area contributed by atoms with Gasteiger partial charge in [-0.2, -0.15) is 0 Å². The van der Waals surface area contributed by atoms with E-state index in [1.807, 2.05) is 57.2 Å². The first-order valence-corrected chi connectivity index (χ1v) is 11.2. The number of nitrogens with zero attached hydrogens (tertiary/aromatic N) is 4. The maximum atomic E-state index is 13.3. The van der Waals surface area contributed by atoms with Gasteiger partial charge in [-0.15, -0.1) is 0 Å². The molecule has 0 aliphatic rings. The van der Waals surface area contributed by atoms with Gasteiger partial charge in [0.05, 0.1) is 16.7 Å². The van der Waals surface area contributed by atoms with E-state index in [4.69, 9.17) is 4.98 Å². The summed E-state index contributed by atoms with van der Waals surface area (Å²) in [7, 11) is 0. The Morgan fingerprint density at radius 2 is 1.87 bits per heavy atom.